The summed E-state index contributed by atoms with van der Waals surface area (Å²) in [6, 6.07) is 0. The number of ether oxygens (including phenoxy) is 1. The molecule has 0 aliphatic carbocycles. The quantitative estimate of drug-likeness (QED) is 0.487. The van der Waals surface area contributed by atoms with Gasteiger partial charge in [0.25, 0.3) is 0 Å². The normalized spacial score (nSPS) is 43.5. The summed E-state index contributed by atoms with van der Waals surface area (Å²) in [5, 5.41) is 18.8. The highest BCUT2D eigenvalue weighted by Crippen LogP contribution is 2.21. The summed E-state index contributed by atoms with van der Waals surface area (Å²) in [7, 11) is 0. The first-order valence-electron chi connectivity index (χ1n) is 4.06. The zero-order chi connectivity index (χ0) is 9.30. The molecule has 0 spiro atoms. The molecule has 2 N–H and O–H groups in total. The van der Waals surface area contributed by atoms with Crippen molar-refractivity contribution in [2.24, 2.45) is 11.8 Å². The van der Waals surface area contributed by atoms with Crippen LogP contribution in [0.25, 0.3) is 0 Å². The van der Waals surface area contributed by atoms with E-state index in [1.54, 1.807) is 13.8 Å². The summed E-state index contributed by atoms with van der Waals surface area (Å²) in [5.74, 6) is -1.30. The van der Waals surface area contributed by atoms with Crippen molar-refractivity contribution in [2.75, 3.05) is 6.61 Å². The first kappa shape index (κ1) is 9.48. The lowest BCUT2D eigenvalue weighted by molar-refractivity contribution is -0.150. The van der Waals surface area contributed by atoms with E-state index in [0.29, 0.717) is 0 Å². The average molecular weight is 174 g/mol. The fourth-order valence-electron chi connectivity index (χ4n) is 1.27. The van der Waals surface area contributed by atoms with Gasteiger partial charge in [-0.2, -0.15) is 0 Å². The maximum Gasteiger partial charge on any atom is 0.311 e. The highest BCUT2D eigenvalue weighted by Gasteiger charge is 2.35. The van der Waals surface area contributed by atoms with Crippen molar-refractivity contribution >= 4 is 5.97 Å². The molecular formula is C8H14O4. The van der Waals surface area contributed by atoms with E-state index in [2.05, 4.69) is 0 Å². The zero-order valence-corrected chi connectivity index (χ0v) is 7.23. The number of hydrogen-bond acceptors (Lipinski definition) is 4. The van der Waals surface area contributed by atoms with Crippen LogP contribution in [-0.4, -0.2) is 35.0 Å². The molecule has 1 aliphatic heterocycles. The molecule has 1 heterocycles. The van der Waals surface area contributed by atoms with Crippen molar-refractivity contribution in [3.8, 4) is 0 Å². The minimum absolute atomic E-state index is 0.0125. The Balaban J connectivity index is 2.75. The molecule has 4 atom stereocenters. The Kier molecular flexibility index (Phi) is 2.69. The van der Waals surface area contributed by atoms with Gasteiger partial charge in [-0.05, 0) is 6.92 Å². The van der Waals surface area contributed by atoms with Gasteiger partial charge in [0.2, 0.25) is 0 Å². The molecule has 4 nitrogen and oxygen atoms in total. The molecule has 1 rings (SSSR count). The second-order valence-corrected chi connectivity index (χ2v) is 3.34. The predicted molar refractivity (Wildman–Crippen MR) is 41.3 cm³/mol. The van der Waals surface area contributed by atoms with Gasteiger partial charge in [-0.25, -0.2) is 0 Å². The van der Waals surface area contributed by atoms with Gasteiger partial charge in [-0.1, -0.05) is 6.92 Å². The minimum Gasteiger partial charge on any atom is -0.463 e. The number of rotatable bonds is 0. The summed E-state index contributed by atoms with van der Waals surface area (Å²) < 4.78 is 4.72. The molecule has 1 saturated heterocycles. The second kappa shape index (κ2) is 3.41. The molecule has 0 aromatic heterocycles. The topological polar surface area (TPSA) is 66.8 Å². The number of aliphatic hydroxyl groups is 2. The first-order chi connectivity index (χ1) is 5.54. The van der Waals surface area contributed by atoms with Crippen LogP contribution in [0.5, 0.6) is 0 Å². The van der Waals surface area contributed by atoms with E-state index in [1.165, 1.54) is 0 Å². The average Bonchev–Trinajstić information content (AvgIpc) is 2.14. The number of aliphatic hydroxyl groups excluding tert-OH is 2. The van der Waals surface area contributed by atoms with E-state index in [4.69, 9.17) is 4.74 Å². The van der Waals surface area contributed by atoms with Crippen LogP contribution in [0, 0.1) is 11.8 Å². The molecule has 1 aliphatic rings. The summed E-state index contributed by atoms with van der Waals surface area (Å²) in [6.45, 7) is 3.29. The van der Waals surface area contributed by atoms with Crippen molar-refractivity contribution in [1.82, 2.24) is 0 Å². The number of carbonyl (C=O) groups excluding carboxylic acids is 1. The van der Waals surface area contributed by atoms with Crippen molar-refractivity contribution in [3.05, 3.63) is 0 Å². The summed E-state index contributed by atoms with van der Waals surface area (Å²) >= 11 is 0. The predicted octanol–water partition coefficient (Wildman–Crippen LogP) is -0.463. The maximum atomic E-state index is 11.0. The van der Waals surface area contributed by atoms with Gasteiger partial charge in [0.15, 0.2) is 0 Å². The largest absolute Gasteiger partial charge is 0.463 e. The third kappa shape index (κ3) is 1.59. The zero-order valence-electron chi connectivity index (χ0n) is 7.23. The molecule has 0 aromatic carbocycles. The summed E-state index contributed by atoms with van der Waals surface area (Å²) in [6.07, 6.45) is -1.57. The van der Waals surface area contributed by atoms with Crippen molar-refractivity contribution in [3.63, 3.8) is 0 Å². The molecule has 12 heavy (non-hydrogen) atoms. The van der Waals surface area contributed by atoms with E-state index in [9.17, 15) is 15.0 Å². The Morgan fingerprint density at radius 2 is 2.00 bits per heavy atom. The first-order valence-corrected chi connectivity index (χ1v) is 4.06. The molecule has 4 heteroatoms. The maximum absolute atomic E-state index is 11.0. The van der Waals surface area contributed by atoms with Gasteiger partial charge >= 0.3 is 5.97 Å². The Bertz CT molecular complexity index is 180. The Labute approximate surface area is 71.2 Å². The van der Waals surface area contributed by atoms with Crippen LogP contribution in [0.3, 0.4) is 0 Å². The van der Waals surface area contributed by atoms with Gasteiger partial charge in [-0.3, -0.25) is 4.79 Å². The van der Waals surface area contributed by atoms with Gasteiger partial charge in [0.05, 0.1) is 18.1 Å². The monoisotopic (exact) mass is 174 g/mol. The van der Waals surface area contributed by atoms with Crippen LogP contribution in [0.4, 0.5) is 0 Å². The van der Waals surface area contributed by atoms with E-state index in [0.717, 1.165) is 0 Å². The Morgan fingerprint density at radius 3 is 2.58 bits per heavy atom. The van der Waals surface area contributed by atoms with Crippen molar-refractivity contribution in [1.29, 1.82) is 0 Å². The fourth-order valence-corrected chi connectivity index (χ4v) is 1.27. The van der Waals surface area contributed by atoms with Crippen LogP contribution in [-0.2, 0) is 9.53 Å². The molecule has 1 fully saturated rings. The van der Waals surface area contributed by atoms with Crippen molar-refractivity contribution in [2.45, 2.75) is 26.1 Å². The third-order valence-corrected chi connectivity index (χ3v) is 2.43. The van der Waals surface area contributed by atoms with E-state index in [1.807, 2.05) is 0 Å². The number of carbonyl (C=O) groups is 1. The van der Waals surface area contributed by atoms with Crippen LogP contribution >= 0.6 is 0 Å². The third-order valence-electron chi connectivity index (χ3n) is 2.43. The Hall–Kier alpha value is -0.610. The second-order valence-electron chi connectivity index (χ2n) is 3.34. The Morgan fingerprint density at radius 1 is 1.42 bits per heavy atom. The lowest BCUT2D eigenvalue weighted by Gasteiger charge is -2.21. The van der Waals surface area contributed by atoms with E-state index >= 15 is 0 Å². The van der Waals surface area contributed by atoms with Crippen LogP contribution in [0.2, 0.25) is 0 Å². The standard InChI is InChI=1S/C8H14O4/c1-4-6(9)3-12-8(11)5(2)7(4)10/h4-7,9-10H,3H2,1-2H3/t4-,5-,6+,7+/m1/s1. The lowest BCUT2D eigenvalue weighted by Crippen LogP contribution is -2.34. The minimum atomic E-state index is -0.810. The van der Waals surface area contributed by atoms with Gasteiger partial charge in [0, 0.05) is 5.92 Å². The highest BCUT2D eigenvalue weighted by molar-refractivity contribution is 5.73. The smallest absolute Gasteiger partial charge is 0.311 e. The molecule has 0 bridgehead atoms. The highest BCUT2D eigenvalue weighted by atomic mass is 16.5. The van der Waals surface area contributed by atoms with Gasteiger partial charge in [0.1, 0.15) is 6.61 Å². The van der Waals surface area contributed by atoms with Gasteiger partial charge in [-0.15, -0.1) is 0 Å². The number of cyclic esters (lactones) is 1. The molecule has 0 unspecified atom stereocenters. The number of hydrogen-bond donors (Lipinski definition) is 2. The molecular weight excluding hydrogens is 160 g/mol. The van der Waals surface area contributed by atoms with Crippen LogP contribution in [0.1, 0.15) is 13.8 Å². The SMILES string of the molecule is C[C@H]1[C@H](O)[C@@H](C)C(=O)OC[C@@H]1O. The molecule has 0 saturated carbocycles. The molecule has 0 radical (unpaired) electrons. The van der Waals surface area contributed by atoms with Crippen LogP contribution < -0.4 is 0 Å². The molecule has 70 valence electrons. The van der Waals surface area contributed by atoms with Crippen molar-refractivity contribution < 1.29 is 19.7 Å². The summed E-state index contributed by atoms with van der Waals surface area (Å²) in [5.41, 5.74) is 0. The summed E-state index contributed by atoms with van der Waals surface area (Å²) in [4.78, 5) is 11.0. The number of esters is 1. The van der Waals surface area contributed by atoms with E-state index in [-0.39, 0.29) is 12.5 Å². The van der Waals surface area contributed by atoms with Gasteiger partial charge < -0.3 is 14.9 Å². The fraction of sp³-hybridized carbons (Fsp3) is 0.875. The van der Waals surface area contributed by atoms with Crippen LogP contribution in [0.15, 0.2) is 0 Å². The molecule has 0 aromatic rings. The molecule has 0 amide bonds. The van der Waals surface area contributed by atoms with E-state index < -0.39 is 24.1 Å². The lowest BCUT2D eigenvalue weighted by atomic mass is 9.91.